The van der Waals surface area contributed by atoms with Crippen molar-refractivity contribution in [2.75, 3.05) is 39.5 Å². The third-order valence-corrected chi connectivity index (χ3v) is 5.14. The standard InChI is InChI=1S/C16H28N2O3/c19-15(18-8-11-20-12-9-18)3-7-17-14-4-10-21-16(13-14)5-1-2-6-16/h14,17H,1-13H2. The van der Waals surface area contributed by atoms with Crippen LogP contribution in [0, 0.1) is 0 Å². The van der Waals surface area contributed by atoms with E-state index in [9.17, 15) is 4.79 Å². The van der Waals surface area contributed by atoms with Crippen LogP contribution in [-0.4, -0.2) is 61.9 Å². The molecule has 1 N–H and O–H groups in total. The molecule has 1 atom stereocenters. The van der Waals surface area contributed by atoms with Gasteiger partial charge in [-0.3, -0.25) is 4.79 Å². The summed E-state index contributed by atoms with van der Waals surface area (Å²) in [5, 5.41) is 3.58. The summed E-state index contributed by atoms with van der Waals surface area (Å²) in [5.74, 6) is 0.258. The van der Waals surface area contributed by atoms with Gasteiger partial charge in [-0.2, -0.15) is 0 Å². The second kappa shape index (κ2) is 7.07. The van der Waals surface area contributed by atoms with E-state index >= 15 is 0 Å². The van der Waals surface area contributed by atoms with E-state index in [1.807, 2.05) is 4.90 Å². The van der Waals surface area contributed by atoms with Crippen molar-refractivity contribution in [2.24, 2.45) is 0 Å². The summed E-state index contributed by atoms with van der Waals surface area (Å²) in [6.45, 7) is 4.52. The zero-order valence-electron chi connectivity index (χ0n) is 12.9. The minimum Gasteiger partial charge on any atom is -0.378 e. The number of ether oxygens (including phenoxy) is 2. The number of hydrogen-bond acceptors (Lipinski definition) is 4. The molecule has 120 valence electrons. The summed E-state index contributed by atoms with van der Waals surface area (Å²) in [5.41, 5.74) is 0.157. The molecule has 2 aliphatic heterocycles. The van der Waals surface area contributed by atoms with Crippen LogP contribution in [-0.2, 0) is 14.3 Å². The van der Waals surface area contributed by atoms with Gasteiger partial charge in [-0.1, -0.05) is 12.8 Å². The average molecular weight is 296 g/mol. The van der Waals surface area contributed by atoms with Crippen molar-refractivity contribution in [1.29, 1.82) is 0 Å². The largest absolute Gasteiger partial charge is 0.378 e. The van der Waals surface area contributed by atoms with Crippen molar-refractivity contribution < 1.29 is 14.3 Å². The predicted molar refractivity (Wildman–Crippen MR) is 80.2 cm³/mol. The van der Waals surface area contributed by atoms with Crippen molar-refractivity contribution >= 4 is 5.91 Å². The average Bonchev–Trinajstić information content (AvgIpc) is 2.96. The van der Waals surface area contributed by atoms with Gasteiger partial charge in [0.25, 0.3) is 0 Å². The predicted octanol–water partition coefficient (Wildman–Crippen LogP) is 1.32. The molecule has 5 nitrogen and oxygen atoms in total. The van der Waals surface area contributed by atoms with Crippen LogP contribution >= 0.6 is 0 Å². The number of carbonyl (C=O) groups excluding carboxylic acids is 1. The van der Waals surface area contributed by atoms with Crippen LogP contribution in [0.5, 0.6) is 0 Å². The Morgan fingerprint density at radius 2 is 1.95 bits per heavy atom. The molecule has 3 fully saturated rings. The van der Waals surface area contributed by atoms with Gasteiger partial charge in [0.05, 0.1) is 18.8 Å². The number of rotatable bonds is 4. The first-order chi connectivity index (χ1) is 10.3. The van der Waals surface area contributed by atoms with Gasteiger partial charge in [0, 0.05) is 38.7 Å². The normalized spacial score (nSPS) is 29.0. The molecule has 0 aromatic heterocycles. The maximum atomic E-state index is 12.1. The number of morpholine rings is 1. The molecule has 0 aromatic carbocycles. The SMILES string of the molecule is O=C(CCNC1CCOC2(CCCC2)C1)N1CCOCC1. The molecular weight excluding hydrogens is 268 g/mol. The summed E-state index contributed by atoms with van der Waals surface area (Å²) in [7, 11) is 0. The maximum Gasteiger partial charge on any atom is 0.224 e. The molecule has 1 spiro atoms. The fourth-order valence-electron chi connectivity index (χ4n) is 3.92. The van der Waals surface area contributed by atoms with Crippen molar-refractivity contribution in [3.63, 3.8) is 0 Å². The minimum atomic E-state index is 0.157. The van der Waals surface area contributed by atoms with E-state index in [4.69, 9.17) is 9.47 Å². The first-order valence-corrected chi connectivity index (χ1v) is 8.50. The topological polar surface area (TPSA) is 50.8 Å². The van der Waals surface area contributed by atoms with Crippen LogP contribution in [0.1, 0.15) is 44.9 Å². The van der Waals surface area contributed by atoms with Gasteiger partial charge in [-0.05, 0) is 25.7 Å². The lowest BCUT2D eigenvalue weighted by Crippen LogP contribution is -2.47. The zero-order valence-corrected chi connectivity index (χ0v) is 12.9. The van der Waals surface area contributed by atoms with Crippen molar-refractivity contribution in [3.8, 4) is 0 Å². The fourth-order valence-corrected chi connectivity index (χ4v) is 3.92. The Labute approximate surface area is 127 Å². The number of nitrogens with one attached hydrogen (secondary N) is 1. The van der Waals surface area contributed by atoms with E-state index < -0.39 is 0 Å². The van der Waals surface area contributed by atoms with Gasteiger partial charge in [0.2, 0.25) is 5.91 Å². The van der Waals surface area contributed by atoms with Gasteiger partial charge in [-0.15, -0.1) is 0 Å². The summed E-state index contributed by atoms with van der Waals surface area (Å²) in [6, 6.07) is 0.523. The van der Waals surface area contributed by atoms with Gasteiger partial charge in [0.15, 0.2) is 0 Å². The number of carbonyl (C=O) groups is 1. The Kier molecular flexibility index (Phi) is 5.14. The Hall–Kier alpha value is -0.650. The molecule has 2 heterocycles. The molecule has 5 heteroatoms. The number of nitrogens with zero attached hydrogens (tertiary/aromatic N) is 1. The summed E-state index contributed by atoms with van der Waals surface area (Å²) < 4.78 is 11.3. The highest BCUT2D eigenvalue weighted by Gasteiger charge is 2.39. The minimum absolute atomic E-state index is 0.157. The molecule has 2 saturated heterocycles. The third kappa shape index (κ3) is 3.96. The van der Waals surface area contributed by atoms with Crippen LogP contribution in [0.2, 0.25) is 0 Å². The zero-order chi connectivity index (χ0) is 14.5. The molecule has 1 aliphatic carbocycles. The van der Waals surface area contributed by atoms with Crippen molar-refractivity contribution in [1.82, 2.24) is 10.2 Å². The highest BCUT2D eigenvalue weighted by molar-refractivity contribution is 5.76. The lowest BCUT2D eigenvalue weighted by Gasteiger charge is -2.38. The smallest absolute Gasteiger partial charge is 0.224 e. The monoisotopic (exact) mass is 296 g/mol. The van der Waals surface area contributed by atoms with E-state index in [0.29, 0.717) is 25.7 Å². The third-order valence-electron chi connectivity index (χ3n) is 5.14. The van der Waals surface area contributed by atoms with Crippen LogP contribution < -0.4 is 5.32 Å². The van der Waals surface area contributed by atoms with Crippen molar-refractivity contribution in [2.45, 2.75) is 56.6 Å². The van der Waals surface area contributed by atoms with Crippen LogP contribution in [0.25, 0.3) is 0 Å². The number of hydrogen-bond donors (Lipinski definition) is 1. The Morgan fingerprint density at radius 3 is 2.71 bits per heavy atom. The van der Waals surface area contributed by atoms with Crippen LogP contribution in [0.3, 0.4) is 0 Å². The Morgan fingerprint density at radius 1 is 1.19 bits per heavy atom. The second-order valence-electron chi connectivity index (χ2n) is 6.63. The van der Waals surface area contributed by atoms with Crippen LogP contribution in [0.4, 0.5) is 0 Å². The second-order valence-corrected chi connectivity index (χ2v) is 6.63. The Bertz CT molecular complexity index is 349. The van der Waals surface area contributed by atoms with E-state index in [1.165, 1.54) is 25.7 Å². The summed E-state index contributed by atoms with van der Waals surface area (Å²) in [6.07, 6.45) is 7.86. The fraction of sp³-hybridized carbons (Fsp3) is 0.938. The number of amides is 1. The maximum absolute atomic E-state index is 12.1. The highest BCUT2D eigenvalue weighted by Crippen LogP contribution is 2.39. The molecular formula is C16H28N2O3. The lowest BCUT2D eigenvalue weighted by atomic mass is 9.89. The van der Waals surface area contributed by atoms with Crippen LogP contribution in [0.15, 0.2) is 0 Å². The van der Waals surface area contributed by atoms with E-state index in [1.54, 1.807) is 0 Å². The first-order valence-electron chi connectivity index (χ1n) is 8.50. The quantitative estimate of drug-likeness (QED) is 0.850. The van der Waals surface area contributed by atoms with Gasteiger partial charge < -0.3 is 19.7 Å². The molecule has 21 heavy (non-hydrogen) atoms. The molecule has 1 saturated carbocycles. The molecule has 0 aromatic rings. The molecule has 0 bridgehead atoms. The van der Waals surface area contributed by atoms with Gasteiger partial charge in [-0.25, -0.2) is 0 Å². The molecule has 0 radical (unpaired) electrons. The van der Waals surface area contributed by atoms with E-state index in [2.05, 4.69) is 5.32 Å². The molecule has 3 rings (SSSR count). The van der Waals surface area contributed by atoms with Gasteiger partial charge in [0.1, 0.15) is 0 Å². The Balaban J connectivity index is 1.37. The van der Waals surface area contributed by atoms with E-state index in [-0.39, 0.29) is 11.5 Å². The summed E-state index contributed by atoms with van der Waals surface area (Å²) >= 11 is 0. The molecule has 1 amide bonds. The van der Waals surface area contributed by atoms with Gasteiger partial charge >= 0.3 is 0 Å². The van der Waals surface area contributed by atoms with Crippen molar-refractivity contribution in [3.05, 3.63) is 0 Å². The molecule has 3 aliphatic rings. The lowest BCUT2D eigenvalue weighted by molar-refractivity contribution is -0.135. The molecule has 1 unspecified atom stereocenters. The van der Waals surface area contributed by atoms with E-state index in [0.717, 1.165) is 39.1 Å². The summed E-state index contributed by atoms with van der Waals surface area (Å²) in [4.78, 5) is 14.0. The highest BCUT2D eigenvalue weighted by atomic mass is 16.5. The first kappa shape index (κ1) is 15.3.